The molecule has 0 spiro atoms. The Morgan fingerprint density at radius 3 is 2.68 bits per heavy atom. The van der Waals surface area contributed by atoms with Crippen LogP contribution in [0.1, 0.15) is 31.3 Å². The molecule has 2 heterocycles. The molecule has 9 heteroatoms. The van der Waals surface area contributed by atoms with E-state index in [2.05, 4.69) is 20.9 Å². The van der Waals surface area contributed by atoms with Gasteiger partial charge in [-0.15, -0.1) is 0 Å². The summed E-state index contributed by atoms with van der Waals surface area (Å²) in [5, 5.41) is 8.99. The Morgan fingerprint density at radius 2 is 2.00 bits per heavy atom. The lowest BCUT2D eigenvalue weighted by Gasteiger charge is -2.26. The monoisotopic (exact) mass is 403 g/mol. The van der Waals surface area contributed by atoms with Crippen LogP contribution in [-0.2, 0) is 13.0 Å². The highest BCUT2D eigenvalue weighted by Gasteiger charge is 2.24. The lowest BCUT2D eigenvalue weighted by Crippen LogP contribution is -2.38. The number of rotatable bonds is 5. The van der Waals surface area contributed by atoms with Gasteiger partial charge in [0.05, 0.1) is 18.8 Å². The van der Waals surface area contributed by atoms with Crippen LogP contribution in [0.25, 0.3) is 0 Å². The Morgan fingerprint density at radius 1 is 1.25 bits per heavy atom. The molecule has 3 rings (SSSR count). The minimum absolute atomic E-state index is 0.0522. The van der Waals surface area contributed by atoms with E-state index in [1.54, 1.807) is 4.90 Å². The number of carbonyl (C=O) groups excluding carboxylic acids is 2. The second-order valence-corrected chi connectivity index (χ2v) is 7.78. The van der Waals surface area contributed by atoms with Crippen molar-refractivity contribution in [1.82, 2.24) is 15.2 Å². The predicted molar refractivity (Wildman–Crippen MR) is 110 cm³/mol. The zero-order chi connectivity index (χ0) is 20.1. The molecule has 0 unspecified atom stereocenters. The summed E-state index contributed by atoms with van der Waals surface area (Å²) in [7, 11) is 0. The van der Waals surface area contributed by atoms with E-state index in [-0.39, 0.29) is 18.1 Å². The number of benzene rings is 1. The molecule has 0 bridgehead atoms. The van der Waals surface area contributed by atoms with Crippen LogP contribution in [-0.4, -0.2) is 41.1 Å². The summed E-state index contributed by atoms with van der Waals surface area (Å²) in [5.41, 5.74) is 1.66. The summed E-state index contributed by atoms with van der Waals surface area (Å²) < 4.78 is 5.41. The van der Waals surface area contributed by atoms with Crippen LogP contribution in [0.5, 0.6) is 5.75 Å². The molecule has 1 aliphatic rings. The van der Waals surface area contributed by atoms with Crippen molar-refractivity contribution in [2.45, 2.75) is 39.8 Å². The summed E-state index contributed by atoms with van der Waals surface area (Å²) >= 11 is 1.40. The summed E-state index contributed by atoms with van der Waals surface area (Å²) in [6.45, 7) is 7.38. The van der Waals surface area contributed by atoms with Crippen LogP contribution in [0, 0.1) is 0 Å². The zero-order valence-corrected chi connectivity index (χ0v) is 17.1. The number of fused-ring (bicyclic) bond motifs is 1. The first-order chi connectivity index (χ1) is 13.4. The lowest BCUT2D eigenvalue weighted by atomic mass is 10.2. The predicted octanol–water partition coefficient (Wildman–Crippen LogP) is 3.66. The van der Waals surface area contributed by atoms with Crippen LogP contribution in [0.2, 0.25) is 0 Å². The number of thiazole rings is 1. The van der Waals surface area contributed by atoms with Gasteiger partial charge in [0, 0.05) is 29.6 Å². The average molecular weight is 404 g/mol. The highest BCUT2D eigenvalue weighted by Crippen LogP contribution is 2.28. The SMILES string of the molecule is CCOc1ccc(NC(=O)N2CCc3nc(NC(=O)NC(C)C)sc3C2)cc1. The number of nitrogens with one attached hydrogen (secondary N) is 3. The van der Waals surface area contributed by atoms with Crippen molar-refractivity contribution in [1.29, 1.82) is 0 Å². The number of hydrogen-bond acceptors (Lipinski definition) is 5. The van der Waals surface area contributed by atoms with E-state index in [1.165, 1.54) is 11.3 Å². The Balaban J connectivity index is 1.58. The van der Waals surface area contributed by atoms with E-state index in [4.69, 9.17) is 4.74 Å². The van der Waals surface area contributed by atoms with Gasteiger partial charge in [-0.05, 0) is 45.0 Å². The molecule has 0 aliphatic carbocycles. The topological polar surface area (TPSA) is 95.6 Å². The van der Waals surface area contributed by atoms with E-state index in [0.717, 1.165) is 22.0 Å². The molecule has 150 valence electrons. The minimum atomic E-state index is -0.272. The zero-order valence-electron chi connectivity index (χ0n) is 16.2. The molecule has 0 fully saturated rings. The molecule has 0 saturated heterocycles. The molecule has 0 saturated carbocycles. The molecule has 28 heavy (non-hydrogen) atoms. The number of aromatic nitrogens is 1. The third-order valence-electron chi connectivity index (χ3n) is 4.08. The van der Waals surface area contributed by atoms with Gasteiger partial charge in [0.2, 0.25) is 0 Å². The number of hydrogen-bond donors (Lipinski definition) is 3. The molecule has 0 atom stereocenters. The molecule has 0 radical (unpaired) electrons. The number of carbonyl (C=O) groups is 2. The Hall–Kier alpha value is -2.81. The molecule has 3 N–H and O–H groups in total. The second-order valence-electron chi connectivity index (χ2n) is 6.70. The Kier molecular flexibility index (Phi) is 6.35. The fourth-order valence-electron chi connectivity index (χ4n) is 2.82. The lowest BCUT2D eigenvalue weighted by molar-refractivity contribution is 0.207. The maximum absolute atomic E-state index is 12.6. The van der Waals surface area contributed by atoms with E-state index in [9.17, 15) is 9.59 Å². The highest BCUT2D eigenvalue weighted by molar-refractivity contribution is 7.15. The van der Waals surface area contributed by atoms with E-state index >= 15 is 0 Å². The molecular weight excluding hydrogens is 378 g/mol. The van der Waals surface area contributed by atoms with Crippen LogP contribution >= 0.6 is 11.3 Å². The third-order valence-corrected chi connectivity index (χ3v) is 5.07. The fourth-order valence-corrected chi connectivity index (χ4v) is 3.84. The van der Waals surface area contributed by atoms with Crippen molar-refractivity contribution in [2.24, 2.45) is 0 Å². The minimum Gasteiger partial charge on any atom is -0.494 e. The van der Waals surface area contributed by atoms with Crippen molar-refractivity contribution in [3.8, 4) is 5.75 Å². The Labute approximate surface area is 168 Å². The summed E-state index contributed by atoms with van der Waals surface area (Å²) in [4.78, 5) is 31.6. The van der Waals surface area contributed by atoms with Gasteiger partial charge < -0.3 is 20.3 Å². The van der Waals surface area contributed by atoms with Gasteiger partial charge in [-0.25, -0.2) is 14.6 Å². The summed E-state index contributed by atoms with van der Waals surface area (Å²) in [5.74, 6) is 0.773. The molecule has 1 aliphatic heterocycles. The standard InChI is InChI=1S/C19H25N5O3S/c1-4-27-14-7-5-13(6-8-14)21-19(26)24-10-9-15-16(11-24)28-18(22-15)23-17(25)20-12(2)3/h5-8,12H,4,9-11H2,1-3H3,(H,21,26)(H2,20,22,23,25). The number of urea groups is 2. The molecule has 8 nitrogen and oxygen atoms in total. The first kappa shape index (κ1) is 19.9. The van der Waals surface area contributed by atoms with Crippen molar-refractivity contribution < 1.29 is 14.3 Å². The van der Waals surface area contributed by atoms with Gasteiger partial charge in [-0.3, -0.25) is 5.32 Å². The first-order valence-electron chi connectivity index (χ1n) is 9.29. The van der Waals surface area contributed by atoms with Crippen molar-refractivity contribution in [3.63, 3.8) is 0 Å². The fraction of sp³-hybridized carbons (Fsp3) is 0.421. The van der Waals surface area contributed by atoms with Crippen molar-refractivity contribution in [2.75, 3.05) is 23.8 Å². The molecule has 4 amide bonds. The van der Waals surface area contributed by atoms with E-state index < -0.39 is 0 Å². The van der Waals surface area contributed by atoms with Gasteiger partial charge in [-0.2, -0.15) is 0 Å². The van der Waals surface area contributed by atoms with E-state index in [1.807, 2.05) is 45.0 Å². The highest BCUT2D eigenvalue weighted by atomic mass is 32.1. The largest absolute Gasteiger partial charge is 0.494 e. The Bertz CT molecular complexity index is 835. The molecule has 2 aromatic rings. The number of anilines is 2. The van der Waals surface area contributed by atoms with Gasteiger partial charge in [-0.1, -0.05) is 11.3 Å². The van der Waals surface area contributed by atoms with Gasteiger partial charge >= 0.3 is 12.1 Å². The molecular formula is C19H25N5O3S. The van der Waals surface area contributed by atoms with Gasteiger partial charge in [0.1, 0.15) is 5.75 Å². The van der Waals surface area contributed by atoms with Gasteiger partial charge in [0.15, 0.2) is 5.13 Å². The summed E-state index contributed by atoms with van der Waals surface area (Å²) in [6, 6.07) is 6.92. The van der Waals surface area contributed by atoms with Crippen LogP contribution in [0.15, 0.2) is 24.3 Å². The normalized spacial score (nSPS) is 13.1. The van der Waals surface area contributed by atoms with Crippen molar-refractivity contribution >= 4 is 34.2 Å². The number of ether oxygens (including phenoxy) is 1. The van der Waals surface area contributed by atoms with Crippen LogP contribution < -0.4 is 20.7 Å². The first-order valence-corrected chi connectivity index (χ1v) is 10.1. The van der Waals surface area contributed by atoms with Crippen molar-refractivity contribution in [3.05, 3.63) is 34.8 Å². The number of amides is 4. The average Bonchev–Trinajstić information content (AvgIpc) is 3.04. The second kappa shape index (κ2) is 8.92. The number of nitrogens with zero attached hydrogens (tertiary/aromatic N) is 2. The van der Waals surface area contributed by atoms with E-state index in [0.29, 0.717) is 31.2 Å². The third kappa shape index (κ3) is 5.13. The molecule has 1 aromatic carbocycles. The maximum Gasteiger partial charge on any atom is 0.322 e. The smallest absolute Gasteiger partial charge is 0.322 e. The van der Waals surface area contributed by atoms with Crippen LogP contribution in [0.4, 0.5) is 20.4 Å². The van der Waals surface area contributed by atoms with Crippen LogP contribution in [0.3, 0.4) is 0 Å². The maximum atomic E-state index is 12.6. The van der Waals surface area contributed by atoms with Gasteiger partial charge in [0.25, 0.3) is 0 Å². The molecule has 1 aromatic heterocycles. The quantitative estimate of drug-likeness (QED) is 0.710. The summed E-state index contributed by atoms with van der Waals surface area (Å²) in [6.07, 6.45) is 0.663.